The third-order valence-corrected chi connectivity index (χ3v) is 5.63. The summed E-state index contributed by atoms with van der Waals surface area (Å²) in [7, 11) is 0. The molecule has 1 amide bonds. The van der Waals surface area contributed by atoms with Crippen LogP contribution in [-0.4, -0.2) is 26.2 Å². The van der Waals surface area contributed by atoms with Crippen molar-refractivity contribution in [3.05, 3.63) is 63.8 Å². The molecule has 1 aliphatic carbocycles. The fourth-order valence-corrected chi connectivity index (χ4v) is 3.93. The predicted molar refractivity (Wildman–Crippen MR) is 115 cm³/mol. The van der Waals surface area contributed by atoms with Crippen molar-refractivity contribution in [3.63, 3.8) is 0 Å². The summed E-state index contributed by atoms with van der Waals surface area (Å²) in [5, 5.41) is 3.28. The Morgan fingerprint density at radius 3 is 2.60 bits per heavy atom. The van der Waals surface area contributed by atoms with E-state index in [1.165, 1.54) is 17.8 Å². The first kappa shape index (κ1) is 19.9. The Bertz CT molecular complexity index is 1180. The normalized spacial score (nSPS) is 14.2. The molecule has 7 nitrogen and oxygen atoms in total. The Kier molecular flexibility index (Phi) is 5.44. The first-order chi connectivity index (χ1) is 14.5. The average molecular weight is 404 g/mol. The molecule has 0 saturated heterocycles. The summed E-state index contributed by atoms with van der Waals surface area (Å²) in [4.78, 5) is 46.4. The van der Waals surface area contributed by atoms with Crippen LogP contribution in [-0.2, 0) is 17.6 Å². The second kappa shape index (κ2) is 8.18. The van der Waals surface area contributed by atoms with Gasteiger partial charge in [-0.15, -0.1) is 0 Å². The number of fused-ring (bicyclic) bond motifs is 2. The van der Waals surface area contributed by atoms with Gasteiger partial charge in [-0.05, 0) is 74.9 Å². The molecule has 0 unspecified atom stereocenters. The van der Waals surface area contributed by atoms with Gasteiger partial charge in [-0.3, -0.25) is 19.0 Å². The van der Waals surface area contributed by atoms with Crippen LogP contribution in [0.2, 0.25) is 0 Å². The standard InChI is InChI=1S/C23H24N4O3/c1-3-20(22(29)25-17-10-8-15(9-11-17)14(2)28)27-13-24-21-18(23(27)30)12-16-6-4-5-7-19(16)26-21/h8-13,20H,3-7H2,1-2H3,(H,25,29)/t20-/m0/s1. The molecule has 2 heterocycles. The molecule has 0 spiro atoms. The number of benzene rings is 1. The Morgan fingerprint density at radius 2 is 1.90 bits per heavy atom. The summed E-state index contributed by atoms with van der Waals surface area (Å²) in [6.07, 6.45) is 5.88. The highest BCUT2D eigenvalue weighted by molar-refractivity contribution is 5.96. The number of Topliss-reactive ketones (excluding diaryl/α,β-unsaturated/α-hetero) is 1. The summed E-state index contributed by atoms with van der Waals surface area (Å²) < 4.78 is 1.39. The van der Waals surface area contributed by atoms with Gasteiger partial charge in [0.05, 0.1) is 5.39 Å². The number of carbonyl (C=O) groups excluding carboxylic acids is 2. The molecule has 2 aromatic heterocycles. The topological polar surface area (TPSA) is 93.9 Å². The predicted octanol–water partition coefficient (Wildman–Crippen LogP) is 3.46. The number of hydrogen-bond acceptors (Lipinski definition) is 5. The van der Waals surface area contributed by atoms with E-state index >= 15 is 0 Å². The van der Waals surface area contributed by atoms with Crippen LogP contribution in [0.5, 0.6) is 0 Å². The van der Waals surface area contributed by atoms with Crippen molar-refractivity contribution in [1.82, 2.24) is 14.5 Å². The molecule has 7 heteroatoms. The van der Waals surface area contributed by atoms with E-state index < -0.39 is 6.04 Å². The van der Waals surface area contributed by atoms with Crippen molar-refractivity contribution in [3.8, 4) is 0 Å². The third kappa shape index (κ3) is 3.75. The monoisotopic (exact) mass is 404 g/mol. The Balaban J connectivity index is 1.64. The quantitative estimate of drug-likeness (QED) is 0.657. The van der Waals surface area contributed by atoms with Crippen molar-refractivity contribution >= 4 is 28.4 Å². The number of rotatable bonds is 5. The van der Waals surface area contributed by atoms with Gasteiger partial charge in [-0.1, -0.05) is 6.92 Å². The maximum Gasteiger partial charge on any atom is 0.263 e. The zero-order chi connectivity index (χ0) is 21.3. The number of amides is 1. The number of anilines is 1. The number of aromatic nitrogens is 3. The molecule has 0 aliphatic heterocycles. The molecule has 1 N–H and O–H groups in total. The van der Waals surface area contributed by atoms with Gasteiger partial charge < -0.3 is 5.32 Å². The second-order valence-electron chi connectivity index (χ2n) is 7.68. The molecule has 1 atom stereocenters. The van der Waals surface area contributed by atoms with E-state index in [9.17, 15) is 14.4 Å². The van der Waals surface area contributed by atoms with E-state index in [2.05, 4.69) is 15.3 Å². The molecule has 3 aromatic rings. The number of nitrogens with one attached hydrogen (secondary N) is 1. The molecule has 1 aliphatic rings. The molecule has 0 fully saturated rings. The summed E-state index contributed by atoms with van der Waals surface area (Å²) in [5.41, 5.74) is 3.46. The lowest BCUT2D eigenvalue weighted by atomic mass is 9.95. The molecule has 0 radical (unpaired) electrons. The van der Waals surface area contributed by atoms with Crippen LogP contribution >= 0.6 is 0 Å². The van der Waals surface area contributed by atoms with E-state index in [4.69, 9.17) is 0 Å². The van der Waals surface area contributed by atoms with Crippen molar-refractivity contribution in [1.29, 1.82) is 0 Å². The number of hydrogen-bond donors (Lipinski definition) is 1. The smallest absolute Gasteiger partial charge is 0.263 e. The first-order valence-corrected chi connectivity index (χ1v) is 10.3. The van der Waals surface area contributed by atoms with Gasteiger partial charge in [0.1, 0.15) is 12.4 Å². The molecule has 1 aromatic carbocycles. The van der Waals surface area contributed by atoms with Gasteiger partial charge in [0.2, 0.25) is 5.91 Å². The molecule has 4 rings (SSSR count). The van der Waals surface area contributed by atoms with Crippen LogP contribution < -0.4 is 10.9 Å². The van der Waals surface area contributed by atoms with Gasteiger partial charge >= 0.3 is 0 Å². The van der Waals surface area contributed by atoms with E-state index in [0.717, 1.165) is 36.9 Å². The molecular weight excluding hydrogens is 380 g/mol. The van der Waals surface area contributed by atoms with Crippen LogP contribution in [0.3, 0.4) is 0 Å². The fourth-order valence-electron chi connectivity index (χ4n) is 3.93. The van der Waals surface area contributed by atoms with Crippen molar-refractivity contribution in [2.45, 2.75) is 52.0 Å². The van der Waals surface area contributed by atoms with Crippen molar-refractivity contribution in [2.24, 2.45) is 0 Å². The van der Waals surface area contributed by atoms with Gasteiger partial charge in [0, 0.05) is 16.9 Å². The molecule has 0 bridgehead atoms. The van der Waals surface area contributed by atoms with E-state index in [1.807, 2.05) is 13.0 Å². The van der Waals surface area contributed by atoms with Crippen LogP contribution in [0, 0.1) is 0 Å². The van der Waals surface area contributed by atoms with Gasteiger partial charge in [-0.2, -0.15) is 0 Å². The summed E-state index contributed by atoms with van der Waals surface area (Å²) in [6.45, 7) is 3.34. The molecular formula is C23H24N4O3. The highest BCUT2D eigenvalue weighted by Gasteiger charge is 2.22. The SMILES string of the molecule is CC[C@@H](C(=O)Nc1ccc(C(C)=O)cc1)n1cnc2nc3c(cc2c1=O)CCCC3. The average Bonchev–Trinajstić information content (AvgIpc) is 2.75. The van der Waals surface area contributed by atoms with E-state index in [1.54, 1.807) is 24.3 Å². The van der Waals surface area contributed by atoms with Gasteiger partial charge in [-0.25, -0.2) is 9.97 Å². The highest BCUT2D eigenvalue weighted by atomic mass is 16.2. The fraction of sp³-hybridized carbons (Fsp3) is 0.348. The minimum atomic E-state index is -0.696. The van der Waals surface area contributed by atoms with E-state index in [-0.39, 0.29) is 17.2 Å². The van der Waals surface area contributed by atoms with Crippen molar-refractivity contribution in [2.75, 3.05) is 5.32 Å². The highest BCUT2D eigenvalue weighted by Crippen LogP contribution is 2.22. The lowest BCUT2D eigenvalue weighted by Gasteiger charge is -2.19. The Labute approximate surface area is 174 Å². The summed E-state index contributed by atoms with van der Waals surface area (Å²) in [5.74, 6) is -0.342. The van der Waals surface area contributed by atoms with Gasteiger partial charge in [0.25, 0.3) is 5.56 Å². The lowest BCUT2D eigenvalue weighted by Crippen LogP contribution is -2.33. The van der Waals surface area contributed by atoms with Crippen LogP contribution in [0.4, 0.5) is 5.69 Å². The number of pyridine rings is 1. The minimum absolute atomic E-state index is 0.0381. The van der Waals surface area contributed by atoms with Crippen LogP contribution in [0.1, 0.15) is 60.8 Å². The number of ketones is 1. The molecule has 30 heavy (non-hydrogen) atoms. The van der Waals surface area contributed by atoms with Crippen LogP contribution in [0.15, 0.2) is 41.5 Å². The maximum atomic E-state index is 13.2. The lowest BCUT2D eigenvalue weighted by molar-refractivity contribution is -0.119. The van der Waals surface area contributed by atoms with Crippen molar-refractivity contribution < 1.29 is 9.59 Å². The summed E-state index contributed by atoms with van der Waals surface area (Å²) >= 11 is 0. The van der Waals surface area contributed by atoms with E-state index in [0.29, 0.717) is 28.7 Å². The van der Waals surface area contributed by atoms with Gasteiger partial charge in [0.15, 0.2) is 11.4 Å². The zero-order valence-corrected chi connectivity index (χ0v) is 17.1. The maximum absolute atomic E-state index is 13.2. The minimum Gasteiger partial charge on any atom is -0.324 e. The second-order valence-corrected chi connectivity index (χ2v) is 7.68. The van der Waals surface area contributed by atoms with Crippen LogP contribution in [0.25, 0.3) is 11.0 Å². The number of carbonyl (C=O) groups is 2. The zero-order valence-electron chi connectivity index (χ0n) is 17.1. The Hall–Kier alpha value is -3.35. The number of aryl methyl sites for hydroxylation is 2. The molecule has 154 valence electrons. The molecule has 0 saturated carbocycles. The number of nitrogens with zero attached hydrogens (tertiary/aromatic N) is 3. The first-order valence-electron chi connectivity index (χ1n) is 10.3. The summed E-state index contributed by atoms with van der Waals surface area (Å²) in [6, 6.07) is 7.89. The largest absolute Gasteiger partial charge is 0.324 e. The Morgan fingerprint density at radius 1 is 1.17 bits per heavy atom. The third-order valence-electron chi connectivity index (χ3n) is 5.63.